The lowest BCUT2D eigenvalue weighted by Gasteiger charge is -2.20. The zero-order valence-electron chi connectivity index (χ0n) is 13.0. The lowest BCUT2D eigenvalue weighted by Crippen LogP contribution is -2.16. The number of rotatable bonds is 3. The smallest absolute Gasteiger partial charge is 0.165 e. The molecule has 1 aromatic carbocycles. The number of aliphatic hydroxyl groups excluding tert-OH is 1. The molecule has 1 heterocycles. The van der Waals surface area contributed by atoms with Gasteiger partial charge in [-0.3, -0.25) is 4.68 Å². The van der Waals surface area contributed by atoms with Crippen molar-refractivity contribution in [1.82, 2.24) is 9.78 Å². The standard InChI is InChI=1S/C16H21FN2O2/c1-16(2,3)15-11(9-19(4)18-15)14(20)10-6-7-13(21-5)12(17)8-10/h6-9,14,20H,1-5H3. The van der Waals surface area contributed by atoms with Crippen LogP contribution in [0.15, 0.2) is 24.4 Å². The van der Waals surface area contributed by atoms with E-state index in [2.05, 4.69) is 5.10 Å². The molecule has 0 aliphatic carbocycles. The minimum atomic E-state index is -0.923. The highest BCUT2D eigenvalue weighted by Gasteiger charge is 2.26. The van der Waals surface area contributed by atoms with Gasteiger partial charge in [-0.2, -0.15) is 5.10 Å². The summed E-state index contributed by atoms with van der Waals surface area (Å²) in [6.45, 7) is 6.08. The topological polar surface area (TPSA) is 47.3 Å². The summed E-state index contributed by atoms with van der Waals surface area (Å²) in [5.74, 6) is -0.330. The van der Waals surface area contributed by atoms with Crippen LogP contribution in [-0.4, -0.2) is 22.0 Å². The van der Waals surface area contributed by atoms with Gasteiger partial charge < -0.3 is 9.84 Å². The number of aliphatic hydroxyl groups is 1. The molecular formula is C16H21FN2O2. The molecule has 0 radical (unpaired) electrons. The molecule has 2 aromatic rings. The molecule has 0 aliphatic heterocycles. The third-order valence-corrected chi connectivity index (χ3v) is 3.35. The maximum atomic E-state index is 13.8. The van der Waals surface area contributed by atoms with Crippen LogP contribution in [0, 0.1) is 5.82 Å². The van der Waals surface area contributed by atoms with Gasteiger partial charge in [0.25, 0.3) is 0 Å². The number of halogens is 1. The van der Waals surface area contributed by atoms with Gasteiger partial charge in [-0.05, 0) is 17.7 Å². The van der Waals surface area contributed by atoms with Crippen LogP contribution in [0.2, 0.25) is 0 Å². The van der Waals surface area contributed by atoms with Crippen molar-refractivity contribution in [2.45, 2.75) is 32.3 Å². The van der Waals surface area contributed by atoms with Crippen molar-refractivity contribution in [2.24, 2.45) is 7.05 Å². The molecule has 2 rings (SSSR count). The fourth-order valence-corrected chi connectivity index (χ4v) is 2.32. The quantitative estimate of drug-likeness (QED) is 0.946. The lowest BCUT2D eigenvalue weighted by molar-refractivity contribution is 0.216. The van der Waals surface area contributed by atoms with Gasteiger partial charge in [-0.15, -0.1) is 0 Å². The van der Waals surface area contributed by atoms with Crippen LogP contribution in [0.1, 0.15) is 43.7 Å². The van der Waals surface area contributed by atoms with Crippen molar-refractivity contribution in [3.8, 4) is 5.75 Å². The number of aryl methyl sites for hydroxylation is 1. The van der Waals surface area contributed by atoms with Crippen LogP contribution in [0.25, 0.3) is 0 Å². The van der Waals surface area contributed by atoms with Gasteiger partial charge in [-0.1, -0.05) is 26.8 Å². The monoisotopic (exact) mass is 292 g/mol. The van der Waals surface area contributed by atoms with E-state index < -0.39 is 11.9 Å². The van der Waals surface area contributed by atoms with E-state index in [1.807, 2.05) is 20.8 Å². The van der Waals surface area contributed by atoms with Gasteiger partial charge >= 0.3 is 0 Å². The van der Waals surface area contributed by atoms with E-state index in [9.17, 15) is 9.50 Å². The largest absolute Gasteiger partial charge is 0.494 e. The zero-order chi connectivity index (χ0) is 15.8. The van der Waals surface area contributed by atoms with Crippen LogP contribution in [0.3, 0.4) is 0 Å². The van der Waals surface area contributed by atoms with Crippen LogP contribution in [0.5, 0.6) is 5.75 Å². The Bertz CT molecular complexity index is 644. The van der Waals surface area contributed by atoms with Gasteiger partial charge in [0.15, 0.2) is 11.6 Å². The average molecular weight is 292 g/mol. The molecule has 0 spiro atoms. The Morgan fingerprint density at radius 1 is 1.33 bits per heavy atom. The first-order valence-corrected chi connectivity index (χ1v) is 6.79. The SMILES string of the molecule is COc1ccc(C(O)c2cn(C)nc2C(C)(C)C)cc1F. The molecule has 0 saturated heterocycles. The fraction of sp³-hybridized carbons (Fsp3) is 0.438. The van der Waals surface area contributed by atoms with E-state index in [0.717, 1.165) is 5.69 Å². The maximum Gasteiger partial charge on any atom is 0.165 e. The zero-order valence-corrected chi connectivity index (χ0v) is 13.0. The molecule has 0 bridgehead atoms. The number of ether oxygens (including phenoxy) is 1. The van der Waals surface area contributed by atoms with Crippen LogP contribution >= 0.6 is 0 Å². The number of hydrogen-bond acceptors (Lipinski definition) is 3. The van der Waals surface area contributed by atoms with Crippen molar-refractivity contribution >= 4 is 0 Å². The third-order valence-electron chi connectivity index (χ3n) is 3.35. The summed E-state index contributed by atoms with van der Waals surface area (Å²) in [5.41, 5.74) is 1.76. The minimum Gasteiger partial charge on any atom is -0.494 e. The second kappa shape index (κ2) is 5.48. The number of aromatic nitrogens is 2. The summed E-state index contributed by atoms with van der Waals surface area (Å²) in [6, 6.07) is 4.47. The number of benzene rings is 1. The highest BCUT2D eigenvalue weighted by atomic mass is 19.1. The van der Waals surface area contributed by atoms with Crippen LogP contribution in [-0.2, 0) is 12.5 Å². The molecule has 0 aliphatic rings. The predicted octanol–water partition coefficient (Wildman–Crippen LogP) is 2.95. The fourth-order valence-electron chi connectivity index (χ4n) is 2.32. The van der Waals surface area contributed by atoms with Crippen molar-refractivity contribution in [2.75, 3.05) is 7.11 Å². The molecule has 0 fully saturated rings. The Morgan fingerprint density at radius 3 is 2.52 bits per heavy atom. The van der Waals surface area contributed by atoms with Crippen molar-refractivity contribution < 1.29 is 14.2 Å². The average Bonchev–Trinajstić information content (AvgIpc) is 2.80. The molecule has 114 valence electrons. The molecule has 1 unspecified atom stereocenters. The first-order valence-electron chi connectivity index (χ1n) is 6.79. The Hall–Kier alpha value is -1.88. The van der Waals surface area contributed by atoms with E-state index in [-0.39, 0.29) is 11.2 Å². The van der Waals surface area contributed by atoms with E-state index >= 15 is 0 Å². The highest BCUT2D eigenvalue weighted by Crippen LogP contribution is 2.32. The Kier molecular flexibility index (Phi) is 4.05. The molecule has 1 atom stereocenters. The molecule has 1 aromatic heterocycles. The Morgan fingerprint density at radius 2 is 2.00 bits per heavy atom. The van der Waals surface area contributed by atoms with Crippen molar-refractivity contribution in [3.05, 3.63) is 47.0 Å². The second-order valence-electron chi connectivity index (χ2n) is 6.15. The molecule has 0 amide bonds. The second-order valence-corrected chi connectivity index (χ2v) is 6.15. The van der Waals surface area contributed by atoms with Crippen LogP contribution in [0.4, 0.5) is 4.39 Å². The summed E-state index contributed by atoms with van der Waals surface area (Å²) in [4.78, 5) is 0. The molecule has 1 N–H and O–H groups in total. The van der Waals surface area contributed by atoms with E-state index in [4.69, 9.17) is 4.74 Å². The van der Waals surface area contributed by atoms with Crippen molar-refractivity contribution in [3.63, 3.8) is 0 Å². The van der Waals surface area contributed by atoms with Gasteiger partial charge in [0.05, 0.1) is 12.8 Å². The molecule has 4 nitrogen and oxygen atoms in total. The molecule has 0 saturated carbocycles. The first kappa shape index (κ1) is 15.5. The highest BCUT2D eigenvalue weighted by molar-refractivity contribution is 5.37. The number of nitrogens with zero attached hydrogens (tertiary/aromatic N) is 2. The van der Waals surface area contributed by atoms with Crippen molar-refractivity contribution in [1.29, 1.82) is 0 Å². The summed E-state index contributed by atoms with van der Waals surface area (Å²) in [5, 5.41) is 15.0. The van der Waals surface area contributed by atoms with Gasteiger partial charge in [-0.25, -0.2) is 4.39 Å². The van der Waals surface area contributed by atoms with Gasteiger partial charge in [0, 0.05) is 24.2 Å². The molecule has 5 heteroatoms. The van der Waals surface area contributed by atoms with Gasteiger partial charge in [0.2, 0.25) is 0 Å². The predicted molar refractivity (Wildman–Crippen MR) is 78.9 cm³/mol. The normalized spacial score (nSPS) is 13.3. The Balaban J connectivity index is 2.45. The molecule has 21 heavy (non-hydrogen) atoms. The summed E-state index contributed by atoms with van der Waals surface area (Å²) < 4.78 is 20.4. The number of hydrogen-bond donors (Lipinski definition) is 1. The van der Waals surface area contributed by atoms with E-state index in [1.54, 1.807) is 24.0 Å². The van der Waals surface area contributed by atoms with Crippen LogP contribution < -0.4 is 4.74 Å². The van der Waals surface area contributed by atoms with E-state index in [1.165, 1.54) is 19.2 Å². The summed E-state index contributed by atoms with van der Waals surface area (Å²) in [7, 11) is 3.22. The lowest BCUT2D eigenvalue weighted by atomic mass is 9.87. The molecular weight excluding hydrogens is 271 g/mol. The number of methoxy groups -OCH3 is 1. The summed E-state index contributed by atoms with van der Waals surface area (Å²) >= 11 is 0. The maximum absolute atomic E-state index is 13.8. The third kappa shape index (κ3) is 3.08. The minimum absolute atomic E-state index is 0.160. The van der Waals surface area contributed by atoms with Gasteiger partial charge in [0.1, 0.15) is 6.10 Å². The first-order chi connectivity index (χ1) is 9.74. The van der Waals surface area contributed by atoms with E-state index in [0.29, 0.717) is 11.1 Å². The summed E-state index contributed by atoms with van der Waals surface area (Å²) in [6.07, 6.45) is 0.848. The Labute approximate surface area is 124 Å².